The molecule has 0 amide bonds. The molecule has 2 rings (SSSR count). The van der Waals surface area contributed by atoms with Crippen molar-refractivity contribution in [1.29, 1.82) is 0 Å². The predicted molar refractivity (Wildman–Crippen MR) is 64.9 cm³/mol. The number of nitrogens with two attached hydrogens (primary N) is 1. The van der Waals surface area contributed by atoms with Crippen LogP contribution >= 0.6 is 0 Å². The van der Waals surface area contributed by atoms with Gasteiger partial charge >= 0.3 is 0 Å². The molecular weight excluding hydrogens is 184 g/mol. The summed E-state index contributed by atoms with van der Waals surface area (Å²) in [6.45, 7) is 1.02. The van der Waals surface area contributed by atoms with E-state index in [4.69, 9.17) is 5.73 Å². The van der Waals surface area contributed by atoms with E-state index in [1.165, 1.54) is 31.4 Å². The lowest BCUT2D eigenvalue weighted by atomic mass is 9.85. The van der Waals surface area contributed by atoms with Crippen LogP contribution in [0.15, 0.2) is 30.3 Å². The first-order valence-electron chi connectivity index (χ1n) is 5.91. The zero-order valence-corrected chi connectivity index (χ0v) is 9.15. The maximum Gasteiger partial charge on any atom is 0.0340 e. The van der Waals surface area contributed by atoms with Gasteiger partial charge in [-0.1, -0.05) is 31.0 Å². The molecule has 2 atom stereocenters. The van der Waals surface area contributed by atoms with Crippen LogP contribution in [-0.4, -0.2) is 12.6 Å². The van der Waals surface area contributed by atoms with Crippen molar-refractivity contribution >= 4 is 5.69 Å². The zero-order valence-electron chi connectivity index (χ0n) is 9.15. The van der Waals surface area contributed by atoms with Crippen LogP contribution in [0.3, 0.4) is 0 Å². The average Bonchev–Trinajstić information content (AvgIpc) is 2.29. The molecule has 1 saturated carbocycles. The molecule has 1 aromatic rings. The molecule has 2 unspecified atom stereocenters. The number of hydrogen-bond donors (Lipinski definition) is 2. The van der Waals surface area contributed by atoms with Gasteiger partial charge in [-0.05, 0) is 30.9 Å². The van der Waals surface area contributed by atoms with Gasteiger partial charge in [0.2, 0.25) is 0 Å². The predicted octanol–water partition coefficient (Wildman–Crippen LogP) is 2.62. The standard InChI is InChI=1S/C13H20N2/c14-13-9-5-4-6-11(13)10-15-12-7-2-1-3-8-12/h1-3,7-8,11,13,15H,4-6,9-10,14H2. The molecule has 0 radical (unpaired) electrons. The van der Waals surface area contributed by atoms with Crippen LogP contribution in [-0.2, 0) is 0 Å². The maximum atomic E-state index is 6.10. The van der Waals surface area contributed by atoms with E-state index in [9.17, 15) is 0 Å². The molecule has 0 aliphatic heterocycles. The van der Waals surface area contributed by atoms with Crippen molar-refractivity contribution in [2.24, 2.45) is 11.7 Å². The minimum Gasteiger partial charge on any atom is -0.385 e. The Balaban J connectivity index is 1.82. The van der Waals surface area contributed by atoms with Crippen molar-refractivity contribution < 1.29 is 0 Å². The minimum atomic E-state index is 0.398. The fraction of sp³-hybridized carbons (Fsp3) is 0.538. The van der Waals surface area contributed by atoms with Gasteiger partial charge in [-0.25, -0.2) is 0 Å². The number of nitrogens with one attached hydrogen (secondary N) is 1. The van der Waals surface area contributed by atoms with Crippen LogP contribution < -0.4 is 11.1 Å². The molecule has 1 fully saturated rings. The summed E-state index contributed by atoms with van der Waals surface area (Å²) in [7, 11) is 0. The summed E-state index contributed by atoms with van der Waals surface area (Å²) < 4.78 is 0. The molecule has 1 aliphatic rings. The highest BCUT2D eigenvalue weighted by Crippen LogP contribution is 2.23. The number of benzene rings is 1. The van der Waals surface area contributed by atoms with E-state index >= 15 is 0 Å². The summed E-state index contributed by atoms with van der Waals surface area (Å²) >= 11 is 0. The molecule has 0 saturated heterocycles. The molecule has 1 aliphatic carbocycles. The van der Waals surface area contributed by atoms with Gasteiger partial charge in [0.15, 0.2) is 0 Å². The lowest BCUT2D eigenvalue weighted by Gasteiger charge is -2.28. The summed E-state index contributed by atoms with van der Waals surface area (Å²) in [5.41, 5.74) is 7.31. The summed E-state index contributed by atoms with van der Waals surface area (Å²) in [5.74, 6) is 0.652. The monoisotopic (exact) mass is 204 g/mol. The van der Waals surface area contributed by atoms with Gasteiger partial charge in [-0.3, -0.25) is 0 Å². The Labute approximate surface area is 91.9 Å². The Morgan fingerprint density at radius 1 is 1.13 bits per heavy atom. The van der Waals surface area contributed by atoms with Crippen molar-refractivity contribution in [1.82, 2.24) is 0 Å². The number of hydrogen-bond acceptors (Lipinski definition) is 2. The normalized spacial score (nSPS) is 26.2. The number of para-hydroxylation sites is 1. The second kappa shape index (κ2) is 5.17. The van der Waals surface area contributed by atoms with E-state index in [2.05, 4.69) is 29.6 Å². The third kappa shape index (κ3) is 2.96. The fourth-order valence-electron chi connectivity index (χ4n) is 2.29. The van der Waals surface area contributed by atoms with Gasteiger partial charge in [0.25, 0.3) is 0 Å². The highest BCUT2D eigenvalue weighted by Gasteiger charge is 2.20. The van der Waals surface area contributed by atoms with Gasteiger partial charge in [0.05, 0.1) is 0 Å². The van der Waals surface area contributed by atoms with E-state index in [-0.39, 0.29) is 0 Å². The van der Waals surface area contributed by atoms with Crippen LogP contribution in [0, 0.1) is 5.92 Å². The molecular formula is C13H20N2. The van der Waals surface area contributed by atoms with E-state index < -0.39 is 0 Å². The van der Waals surface area contributed by atoms with Crippen LogP contribution in [0.5, 0.6) is 0 Å². The summed E-state index contributed by atoms with van der Waals surface area (Å²) in [6, 6.07) is 10.8. The van der Waals surface area contributed by atoms with Crippen molar-refractivity contribution in [3.8, 4) is 0 Å². The molecule has 0 bridgehead atoms. The van der Waals surface area contributed by atoms with Crippen LogP contribution in [0.4, 0.5) is 5.69 Å². The van der Waals surface area contributed by atoms with E-state index in [0.29, 0.717) is 12.0 Å². The van der Waals surface area contributed by atoms with Crippen molar-refractivity contribution in [3.05, 3.63) is 30.3 Å². The van der Waals surface area contributed by atoms with Gasteiger partial charge in [0, 0.05) is 18.3 Å². The highest BCUT2D eigenvalue weighted by molar-refractivity contribution is 5.42. The average molecular weight is 204 g/mol. The molecule has 0 aromatic heterocycles. The molecule has 2 heteroatoms. The third-order valence-corrected chi connectivity index (χ3v) is 3.31. The lowest BCUT2D eigenvalue weighted by molar-refractivity contribution is 0.321. The van der Waals surface area contributed by atoms with Crippen LogP contribution in [0.1, 0.15) is 25.7 Å². The Morgan fingerprint density at radius 3 is 2.60 bits per heavy atom. The highest BCUT2D eigenvalue weighted by atomic mass is 14.9. The molecule has 82 valence electrons. The number of anilines is 1. The SMILES string of the molecule is NC1CCCCC1CNc1ccccc1. The van der Waals surface area contributed by atoms with Gasteiger partial charge in [0.1, 0.15) is 0 Å². The third-order valence-electron chi connectivity index (χ3n) is 3.31. The minimum absolute atomic E-state index is 0.398. The smallest absolute Gasteiger partial charge is 0.0340 e. The zero-order chi connectivity index (χ0) is 10.5. The Kier molecular flexibility index (Phi) is 3.62. The first-order valence-corrected chi connectivity index (χ1v) is 5.91. The van der Waals surface area contributed by atoms with Gasteiger partial charge in [-0.2, -0.15) is 0 Å². The molecule has 15 heavy (non-hydrogen) atoms. The Morgan fingerprint density at radius 2 is 1.87 bits per heavy atom. The molecule has 1 aromatic carbocycles. The van der Waals surface area contributed by atoms with E-state index in [1.807, 2.05) is 6.07 Å². The quantitative estimate of drug-likeness (QED) is 0.794. The number of rotatable bonds is 3. The summed E-state index contributed by atoms with van der Waals surface area (Å²) in [5, 5.41) is 3.46. The van der Waals surface area contributed by atoms with Crippen LogP contribution in [0.2, 0.25) is 0 Å². The van der Waals surface area contributed by atoms with Gasteiger partial charge < -0.3 is 11.1 Å². The lowest BCUT2D eigenvalue weighted by Crippen LogP contribution is -2.37. The first kappa shape index (κ1) is 10.5. The Hall–Kier alpha value is -1.02. The second-order valence-electron chi connectivity index (χ2n) is 4.46. The van der Waals surface area contributed by atoms with E-state index in [0.717, 1.165) is 6.54 Å². The maximum absolute atomic E-state index is 6.10. The molecule has 0 spiro atoms. The van der Waals surface area contributed by atoms with Gasteiger partial charge in [-0.15, -0.1) is 0 Å². The van der Waals surface area contributed by atoms with Crippen molar-refractivity contribution in [2.45, 2.75) is 31.7 Å². The molecule has 2 nitrogen and oxygen atoms in total. The molecule has 3 N–H and O–H groups in total. The first-order chi connectivity index (χ1) is 7.36. The summed E-state index contributed by atoms with van der Waals surface area (Å²) in [4.78, 5) is 0. The van der Waals surface area contributed by atoms with Crippen LogP contribution in [0.25, 0.3) is 0 Å². The largest absolute Gasteiger partial charge is 0.385 e. The van der Waals surface area contributed by atoms with Crippen molar-refractivity contribution in [3.63, 3.8) is 0 Å². The topological polar surface area (TPSA) is 38.0 Å². The Bertz CT molecular complexity index is 284. The molecule has 0 heterocycles. The summed E-state index contributed by atoms with van der Waals surface area (Å²) in [6.07, 6.45) is 5.12. The fourth-order valence-corrected chi connectivity index (χ4v) is 2.29. The van der Waals surface area contributed by atoms with E-state index in [1.54, 1.807) is 0 Å². The second-order valence-corrected chi connectivity index (χ2v) is 4.46. The van der Waals surface area contributed by atoms with Crippen molar-refractivity contribution in [2.75, 3.05) is 11.9 Å².